The summed E-state index contributed by atoms with van der Waals surface area (Å²) in [4.78, 5) is 0. The lowest BCUT2D eigenvalue weighted by molar-refractivity contribution is -0.137. The molecule has 0 radical (unpaired) electrons. The zero-order chi connectivity index (χ0) is 16.4. The van der Waals surface area contributed by atoms with Gasteiger partial charge in [-0.3, -0.25) is 0 Å². The average molecular weight is 321 g/mol. The molecule has 1 aromatic heterocycles. The van der Waals surface area contributed by atoms with Gasteiger partial charge in [-0.2, -0.15) is 13.2 Å². The number of phenolic OH excluding ortho intramolecular Hbond substituents is 1. The van der Waals surface area contributed by atoms with Gasteiger partial charge in [-0.05, 0) is 36.4 Å². The van der Waals surface area contributed by atoms with E-state index in [-0.39, 0.29) is 17.7 Å². The Morgan fingerprint density at radius 1 is 0.957 bits per heavy atom. The molecule has 0 aliphatic carbocycles. The van der Waals surface area contributed by atoms with Crippen molar-refractivity contribution in [3.8, 4) is 17.2 Å². The third-order valence-corrected chi connectivity index (χ3v) is 3.02. The summed E-state index contributed by atoms with van der Waals surface area (Å²) in [7, 11) is 0. The number of anilines is 2. The Kier molecular flexibility index (Phi) is 3.65. The Balaban J connectivity index is 1.78. The molecule has 0 spiro atoms. The molecular weight excluding hydrogens is 311 g/mol. The molecule has 2 N–H and O–H groups in total. The van der Waals surface area contributed by atoms with Crippen molar-refractivity contribution in [2.45, 2.75) is 6.18 Å². The maximum absolute atomic E-state index is 12.5. The molecule has 3 rings (SSSR count). The first-order valence-electron chi connectivity index (χ1n) is 6.49. The highest BCUT2D eigenvalue weighted by atomic mass is 19.4. The van der Waals surface area contributed by atoms with E-state index in [1.54, 1.807) is 18.2 Å². The Hall–Kier alpha value is -3.03. The van der Waals surface area contributed by atoms with E-state index >= 15 is 0 Å². The van der Waals surface area contributed by atoms with Crippen LogP contribution in [0.4, 0.5) is 24.9 Å². The molecule has 0 saturated heterocycles. The van der Waals surface area contributed by atoms with Gasteiger partial charge in [0.1, 0.15) is 5.75 Å². The molecule has 0 aliphatic heterocycles. The van der Waals surface area contributed by atoms with Crippen molar-refractivity contribution in [2.75, 3.05) is 5.32 Å². The van der Waals surface area contributed by atoms with Crippen LogP contribution in [0.25, 0.3) is 11.5 Å². The second-order valence-corrected chi connectivity index (χ2v) is 4.63. The van der Waals surface area contributed by atoms with Gasteiger partial charge in [-0.15, -0.1) is 5.10 Å². The minimum Gasteiger partial charge on any atom is -0.507 e. The first-order valence-corrected chi connectivity index (χ1v) is 6.49. The largest absolute Gasteiger partial charge is 0.507 e. The van der Waals surface area contributed by atoms with Crippen molar-refractivity contribution >= 4 is 11.7 Å². The molecule has 0 aliphatic rings. The highest BCUT2D eigenvalue weighted by molar-refractivity contribution is 5.62. The van der Waals surface area contributed by atoms with E-state index in [4.69, 9.17) is 4.42 Å². The standard InChI is InChI=1S/C15H10F3N3O2/c16-15(17,18)9-5-7-10(8-6-9)19-14-21-20-13(23-14)11-3-1-2-4-12(11)22/h1-8,22H,(H,19,21). The lowest BCUT2D eigenvalue weighted by Crippen LogP contribution is -2.04. The molecule has 0 unspecified atom stereocenters. The second kappa shape index (κ2) is 5.64. The van der Waals surface area contributed by atoms with Crippen LogP contribution in [0.5, 0.6) is 5.75 Å². The fraction of sp³-hybridized carbons (Fsp3) is 0.0667. The predicted octanol–water partition coefficient (Wildman–Crippen LogP) is 4.20. The fourth-order valence-corrected chi connectivity index (χ4v) is 1.90. The minimum atomic E-state index is -4.39. The van der Waals surface area contributed by atoms with E-state index in [1.165, 1.54) is 18.2 Å². The SMILES string of the molecule is Oc1ccccc1-c1nnc(Nc2ccc(C(F)(F)F)cc2)o1. The molecule has 0 fully saturated rings. The number of para-hydroxylation sites is 1. The van der Waals surface area contributed by atoms with Gasteiger partial charge in [-0.1, -0.05) is 17.2 Å². The summed E-state index contributed by atoms with van der Waals surface area (Å²) in [5.74, 6) is 0.0785. The summed E-state index contributed by atoms with van der Waals surface area (Å²) in [6.45, 7) is 0. The first-order chi connectivity index (χ1) is 10.9. The molecular formula is C15H10F3N3O2. The number of nitrogens with zero attached hydrogens (tertiary/aromatic N) is 2. The van der Waals surface area contributed by atoms with E-state index in [0.29, 0.717) is 11.3 Å². The average Bonchev–Trinajstić information content (AvgIpc) is 2.95. The summed E-state index contributed by atoms with van der Waals surface area (Å²) in [6, 6.07) is 10.8. The van der Waals surface area contributed by atoms with Crippen molar-refractivity contribution in [1.29, 1.82) is 0 Å². The summed E-state index contributed by atoms with van der Waals surface area (Å²) >= 11 is 0. The molecule has 0 saturated carbocycles. The van der Waals surface area contributed by atoms with Gasteiger partial charge in [-0.25, -0.2) is 0 Å². The van der Waals surface area contributed by atoms with Gasteiger partial charge in [0.15, 0.2) is 0 Å². The maximum Gasteiger partial charge on any atom is 0.416 e. The molecule has 0 amide bonds. The summed E-state index contributed by atoms with van der Waals surface area (Å²) < 4.78 is 42.8. The zero-order valence-electron chi connectivity index (χ0n) is 11.5. The van der Waals surface area contributed by atoms with Crippen LogP contribution in [0.15, 0.2) is 52.9 Å². The quantitative estimate of drug-likeness (QED) is 0.756. The van der Waals surface area contributed by atoms with Gasteiger partial charge >= 0.3 is 12.2 Å². The zero-order valence-corrected chi connectivity index (χ0v) is 11.5. The number of halogens is 3. The van der Waals surface area contributed by atoms with Gasteiger partial charge in [0, 0.05) is 5.69 Å². The van der Waals surface area contributed by atoms with Crippen LogP contribution in [0.2, 0.25) is 0 Å². The van der Waals surface area contributed by atoms with E-state index in [0.717, 1.165) is 12.1 Å². The molecule has 8 heteroatoms. The number of rotatable bonds is 3. The van der Waals surface area contributed by atoms with Crippen LogP contribution in [-0.4, -0.2) is 15.3 Å². The van der Waals surface area contributed by atoms with Crippen LogP contribution in [0, 0.1) is 0 Å². The second-order valence-electron chi connectivity index (χ2n) is 4.63. The summed E-state index contributed by atoms with van der Waals surface area (Å²) in [6.07, 6.45) is -4.39. The van der Waals surface area contributed by atoms with E-state index in [2.05, 4.69) is 15.5 Å². The predicted molar refractivity (Wildman–Crippen MR) is 76.1 cm³/mol. The molecule has 0 bridgehead atoms. The third-order valence-electron chi connectivity index (χ3n) is 3.02. The minimum absolute atomic E-state index is 0.00279. The maximum atomic E-state index is 12.5. The van der Waals surface area contributed by atoms with E-state index < -0.39 is 11.7 Å². The summed E-state index contributed by atoms with van der Waals surface area (Å²) in [5.41, 5.74) is -0.0190. The summed E-state index contributed by atoms with van der Waals surface area (Å²) in [5, 5.41) is 19.9. The lowest BCUT2D eigenvalue weighted by atomic mass is 10.2. The van der Waals surface area contributed by atoms with Crippen molar-refractivity contribution in [3.63, 3.8) is 0 Å². The van der Waals surface area contributed by atoms with Gasteiger partial charge < -0.3 is 14.8 Å². The van der Waals surface area contributed by atoms with Gasteiger partial charge in [0.05, 0.1) is 11.1 Å². The van der Waals surface area contributed by atoms with E-state index in [9.17, 15) is 18.3 Å². The lowest BCUT2D eigenvalue weighted by Gasteiger charge is -2.07. The van der Waals surface area contributed by atoms with Crippen molar-refractivity contribution in [1.82, 2.24) is 10.2 Å². The Morgan fingerprint density at radius 3 is 2.30 bits per heavy atom. The highest BCUT2D eigenvalue weighted by Gasteiger charge is 2.29. The van der Waals surface area contributed by atoms with Crippen LogP contribution in [0.1, 0.15) is 5.56 Å². The van der Waals surface area contributed by atoms with Crippen molar-refractivity contribution in [2.24, 2.45) is 0 Å². The van der Waals surface area contributed by atoms with Crippen molar-refractivity contribution < 1.29 is 22.7 Å². The monoisotopic (exact) mass is 321 g/mol. The van der Waals surface area contributed by atoms with Gasteiger partial charge in [0.25, 0.3) is 5.89 Å². The number of nitrogens with one attached hydrogen (secondary N) is 1. The Labute approximate surface area is 128 Å². The topological polar surface area (TPSA) is 71.2 Å². The number of aromatic hydroxyl groups is 1. The number of hydrogen-bond acceptors (Lipinski definition) is 5. The number of aromatic nitrogens is 2. The molecule has 0 atom stereocenters. The number of hydrogen-bond donors (Lipinski definition) is 2. The van der Waals surface area contributed by atoms with Gasteiger partial charge in [0.2, 0.25) is 0 Å². The number of alkyl halides is 3. The smallest absolute Gasteiger partial charge is 0.416 e. The fourth-order valence-electron chi connectivity index (χ4n) is 1.90. The molecule has 118 valence electrons. The third kappa shape index (κ3) is 3.25. The van der Waals surface area contributed by atoms with Crippen LogP contribution in [0.3, 0.4) is 0 Å². The Morgan fingerprint density at radius 2 is 1.65 bits per heavy atom. The van der Waals surface area contributed by atoms with E-state index in [1.807, 2.05) is 0 Å². The number of benzene rings is 2. The van der Waals surface area contributed by atoms with Crippen LogP contribution < -0.4 is 5.32 Å². The molecule has 23 heavy (non-hydrogen) atoms. The van der Waals surface area contributed by atoms with Crippen molar-refractivity contribution in [3.05, 3.63) is 54.1 Å². The molecule has 2 aromatic carbocycles. The molecule has 1 heterocycles. The normalized spacial score (nSPS) is 11.4. The first kappa shape index (κ1) is 14.9. The highest BCUT2D eigenvalue weighted by Crippen LogP contribution is 2.31. The molecule has 5 nitrogen and oxygen atoms in total. The van der Waals surface area contributed by atoms with Crippen LogP contribution >= 0.6 is 0 Å². The molecule has 3 aromatic rings. The number of phenols is 1. The Bertz CT molecular complexity index is 813. The van der Waals surface area contributed by atoms with Crippen LogP contribution in [-0.2, 0) is 6.18 Å².